The third kappa shape index (κ3) is 2.71. The monoisotopic (exact) mass is 247 g/mol. The highest BCUT2D eigenvalue weighted by molar-refractivity contribution is 9.10. The van der Waals surface area contributed by atoms with Crippen LogP contribution < -0.4 is 10.5 Å². The largest absolute Gasteiger partial charge is 0.619 e. The second kappa shape index (κ2) is 3.77. The topological polar surface area (TPSA) is 76.8 Å². The predicted octanol–water partition coefficient (Wildman–Crippen LogP) is 1.07. The van der Waals surface area contributed by atoms with Gasteiger partial charge in [-0.15, -0.1) is 0 Å². The molecule has 0 saturated carbocycles. The van der Waals surface area contributed by atoms with E-state index in [1.807, 2.05) is 0 Å². The number of rotatable bonds is 1. The molecule has 1 heterocycles. The first-order valence-electron chi connectivity index (χ1n) is 2.99. The third-order valence-electron chi connectivity index (χ3n) is 1.01. The van der Waals surface area contributed by atoms with Crippen molar-refractivity contribution in [3.63, 3.8) is 0 Å². The number of hydrogen-bond donors (Lipinski definition) is 2. The van der Waals surface area contributed by atoms with Crippen LogP contribution in [-0.2, 0) is 0 Å². The molecule has 64 valence electrons. The lowest BCUT2D eigenvalue weighted by atomic mass is 10.5. The van der Waals surface area contributed by atoms with E-state index in [4.69, 9.17) is 11.1 Å². The Morgan fingerprint density at radius 1 is 1.67 bits per heavy atom. The molecule has 1 aromatic rings. The van der Waals surface area contributed by atoms with Crippen molar-refractivity contribution in [2.24, 2.45) is 5.73 Å². The molecule has 0 unspecified atom stereocenters. The van der Waals surface area contributed by atoms with Gasteiger partial charge in [0.15, 0.2) is 17.6 Å². The Balaban J connectivity index is 2.93. The minimum Gasteiger partial charge on any atom is -0.619 e. The molecule has 6 heteroatoms. The summed E-state index contributed by atoms with van der Waals surface area (Å²) in [7, 11) is 0. The van der Waals surface area contributed by atoms with E-state index in [2.05, 4.69) is 15.9 Å². The fraction of sp³-hybridized carbons (Fsp3) is 0. The molecule has 0 radical (unpaired) electrons. The van der Waals surface area contributed by atoms with Gasteiger partial charge >= 0.3 is 0 Å². The van der Waals surface area contributed by atoms with Crippen LogP contribution in [0.25, 0.3) is 0 Å². The first-order valence-corrected chi connectivity index (χ1v) is 4.60. The Kier molecular flexibility index (Phi) is 2.93. The molecular formula is C6H6BrN3OS. The average Bonchev–Trinajstić information content (AvgIpc) is 1.81. The van der Waals surface area contributed by atoms with E-state index in [0.717, 1.165) is 11.8 Å². The smallest absolute Gasteiger partial charge is 0.194 e. The summed E-state index contributed by atoms with van der Waals surface area (Å²) >= 11 is 4.19. The van der Waals surface area contributed by atoms with Gasteiger partial charge in [-0.05, 0) is 33.8 Å². The van der Waals surface area contributed by atoms with Crippen LogP contribution in [-0.4, -0.2) is 5.17 Å². The standard InChI is InChI=1S/C6H6BrN3OS/c7-4-1-5(12-6(8)9)3-10(11)2-4/h1-3H,(H3,8,9). The number of pyridine rings is 1. The second-order valence-electron chi connectivity index (χ2n) is 2.02. The van der Waals surface area contributed by atoms with Gasteiger partial charge in [0, 0.05) is 0 Å². The van der Waals surface area contributed by atoms with Crippen molar-refractivity contribution in [1.82, 2.24) is 0 Å². The van der Waals surface area contributed by atoms with Crippen LogP contribution in [0.4, 0.5) is 0 Å². The van der Waals surface area contributed by atoms with Gasteiger partial charge < -0.3 is 10.9 Å². The summed E-state index contributed by atoms with van der Waals surface area (Å²) in [6.07, 6.45) is 2.74. The summed E-state index contributed by atoms with van der Waals surface area (Å²) < 4.78 is 1.33. The molecular weight excluding hydrogens is 242 g/mol. The Labute approximate surface area is 82.0 Å². The zero-order valence-electron chi connectivity index (χ0n) is 5.95. The molecule has 0 aromatic carbocycles. The number of halogens is 1. The maximum Gasteiger partial charge on any atom is 0.194 e. The molecule has 0 aliphatic heterocycles. The van der Waals surface area contributed by atoms with E-state index >= 15 is 0 Å². The van der Waals surface area contributed by atoms with Gasteiger partial charge in [-0.1, -0.05) is 0 Å². The zero-order valence-corrected chi connectivity index (χ0v) is 8.35. The molecule has 0 aliphatic rings. The van der Waals surface area contributed by atoms with Gasteiger partial charge in [0.25, 0.3) is 0 Å². The first-order chi connectivity index (χ1) is 5.58. The highest BCUT2D eigenvalue weighted by Gasteiger charge is 2.02. The number of aromatic nitrogens is 1. The maximum atomic E-state index is 10.9. The lowest BCUT2D eigenvalue weighted by Gasteiger charge is -2.00. The van der Waals surface area contributed by atoms with Gasteiger partial charge in [-0.25, -0.2) is 0 Å². The summed E-state index contributed by atoms with van der Waals surface area (Å²) in [5.41, 5.74) is 5.14. The summed E-state index contributed by atoms with van der Waals surface area (Å²) in [5, 5.41) is 17.8. The van der Waals surface area contributed by atoms with Crippen LogP contribution in [0.1, 0.15) is 0 Å². The fourth-order valence-electron chi connectivity index (χ4n) is 0.677. The zero-order chi connectivity index (χ0) is 9.14. The van der Waals surface area contributed by atoms with Gasteiger partial charge in [0.05, 0.1) is 9.37 Å². The molecule has 1 rings (SSSR count). The maximum absolute atomic E-state index is 10.9. The third-order valence-corrected chi connectivity index (χ3v) is 2.13. The van der Waals surface area contributed by atoms with E-state index in [1.54, 1.807) is 6.07 Å². The lowest BCUT2D eigenvalue weighted by Crippen LogP contribution is -2.24. The highest BCUT2D eigenvalue weighted by Crippen LogP contribution is 2.18. The summed E-state index contributed by atoms with van der Waals surface area (Å²) in [6.45, 7) is 0. The van der Waals surface area contributed by atoms with E-state index in [1.165, 1.54) is 12.4 Å². The van der Waals surface area contributed by atoms with Crippen LogP contribution in [0.15, 0.2) is 27.8 Å². The van der Waals surface area contributed by atoms with Gasteiger partial charge in [0.1, 0.15) is 0 Å². The number of amidine groups is 1. The number of nitrogens with zero attached hydrogens (tertiary/aromatic N) is 1. The first kappa shape index (κ1) is 9.34. The quantitative estimate of drug-likeness (QED) is 0.256. The number of thioether (sulfide) groups is 1. The molecule has 0 fully saturated rings. The molecule has 0 saturated heterocycles. The highest BCUT2D eigenvalue weighted by atomic mass is 79.9. The van der Waals surface area contributed by atoms with Crippen molar-refractivity contribution in [3.8, 4) is 0 Å². The number of nitrogens with one attached hydrogen (secondary N) is 1. The molecule has 12 heavy (non-hydrogen) atoms. The van der Waals surface area contributed by atoms with Crippen LogP contribution >= 0.6 is 27.7 Å². The lowest BCUT2D eigenvalue weighted by molar-refractivity contribution is -0.608. The second-order valence-corrected chi connectivity index (χ2v) is 4.05. The van der Waals surface area contributed by atoms with Crippen molar-refractivity contribution in [1.29, 1.82) is 5.41 Å². The van der Waals surface area contributed by atoms with Crippen molar-refractivity contribution in [2.45, 2.75) is 4.90 Å². The summed E-state index contributed by atoms with van der Waals surface area (Å²) in [5.74, 6) is 0. The van der Waals surface area contributed by atoms with E-state index in [9.17, 15) is 5.21 Å². The Bertz CT molecular complexity index is 297. The van der Waals surface area contributed by atoms with Crippen molar-refractivity contribution in [2.75, 3.05) is 0 Å². The Morgan fingerprint density at radius 3 is 2.83 bits per heavy atom. The SMILES string of the molecule is N=C(N)Sc1cc(Br)c[n+]([O-])c1. The van der Waals surface area contributed by atoms with Crippen molar-refractivity contribution < 1.29 is 4.73 Å². The molecule has 0 atom stereocenters. The van der Waals surface area contributed by atoms with E-state index in [0.29, 0.717) is 14.1 Å². The predicted molar refractivity (Wildman–Crippen MR) is 50.9 cm³/mol. The number of hydrogen-bond acceptors (Lipinski definition) is 3. The summed E-state index contributed by atoms with van der Waals surface area (Å²) in [6, 6.07) is 1.72. The fourth-order valence-corrected chi connectivity index (χ4v) is 1.87. The molecule has 4 nitrogen and oxygen atoms in total. The Hall–Kier alpha value is -0.750. The molecule has 0 aliphatic carbocycles. The minimum atomic E-state index is -0.0342. The van der Waals surface area contributed by atoms with E-state index in [-0.39, 0.29) is 5.17 Å². The minimum absolute atomic E-state index is 0.0342. The Morgan fingerprint density at radius 2 is 2.33 bits per heavy atom. The molecule has 0 bridgehead atoms. The molecule has 3 N–H and O–H groups in total. The van der Waals surface area contributed by atoms with Crippen molar-refractivity contribution >= 4 is 32.9 Å². The molecule has 0 spiro atoms. The van der Waals surface area contributed by atoms with Crippen LogP contribution in [0.2, 0.25) is 0 Å². The van der Waals surface area contributed by atoms with Crippen LogP contribution in [0.3, 0.4) is 0 Å². The van der Waals surface area contributed by atoms with Crippen LogP contribution in [0.5, 0.6) is 0 Å². The number of nitrogens with two attached hydrogens (primary N) is 1. The molecule has 0 amide bonds. The average molecular weight is 248 g/mol. The molecule has 1 aromatic heterocycles. The van der Waals surface area contributed by atoms with Crippen LogP contribution in [0, 0.1) is 10.6 Å². The van der Waals surface area contributed by atoms with Crippen molar-refractivity contribution in [3.05, 3.63) is 28.1 Å². The van der Waals surface area contributed by atoms with Gasteiger partial charge in [-0.2, -0.15) is 4.73 Å². The van der Waals surface area contributed by atoms with E-state index < -0.39 is 0 Å². The normalized spacial score (nSPS) is 9.75. The summed E-state index contributed by atoms with van der Waals surface area (Å²) in [4.78, 5) is 0.645. The van der Waals surface area contributed by atoms with Gasteiger partial charge in [-0.3, -0.25) is 5.41 Å². The van der Waals surface area contributed by atoms with Gasteiger partial charge in [0.2, 0.25) is 0 Å².